The van der Waals surface area contributed by atoms with Gasteiger partial charge in [-0.05, 0) is 87.8 Å². The van der Waals surface area contributed by atoms with Gasteiger partial charge in [-0.2, -0.15) is 0 Å². The number of Topliss-reactive ketones (excluding diaryl/α,β-unsaturated/α-hetero) is 1. The number of ether oxygens (including phenoxy) is 4. The number of nitrogens with one attached hydrogen (secondary N) is 3. The highest BCUT2D eigenvalue weighted by molar-refractivity contribution is 6.05. The van der Waals surface area contributed by atoms with Gasteiger partial charge in [0.1, 0.15) is 42.1 Å². The summed E-state index contributed by atoms with van der Waals surface area (Å²) in [6, 6.07) is -0.868. The maximum absolute atomic E-state index is 14.8. The van der Waals surface area contributed by atoms with Crippen molar-refractivity contribution >= 4 is 53.4 Å². The van der Waals surface area contributed by atoms with Gasteiger partial charge in [-0.25, -0.2) is 9.59 Å². The van der Waals surface area contributed by atoms with Crippen molar-refractivity contribution in [1.82, 2.24) is 30.7 Å². The Hall–Kier alpha value is -5.79. The summed E-state index contributed by atoms with van der Waals surface area (Å²) >= 11 is 0. The molecule has 20 nitrogen and oxygen atoms in total. The molecule has 72 heavy (non-hydrogen) atoms. The van der Waals surface area contributed by atoms with E-state index in [1.165, 1.54) is 44.9 Å². The third kappa shape index (κ3) is 16.4. The molecule has 1 aromatic rings. The first-order valence-electron chi connectivity index (χ1n) is 25.4. The van der Waals surface area contributed by atoms with Crippen LogP contribution in [0.25, 0.3) is 0 Å². The number of aliphatic hydroxyl groups is 1. The maximum Gasteiger partial charge on any atom is 0.410 e. The number of ketones is 1. The van der Waals surface area contributed by atoms with Crippen molar-refractivity contribution in [2.45, 2.75) is 176 Å². The van der Waals surface area contributed by atoms with E-state index >= 15 is 0 Å². The normalized spacial score (nSPS) is 26.6. The molecule has 0 unspecified atom stereocenters. The minimum Gasteiger partial charge on any atom is -0.497 e. The van der Waals surface area contributed by atoms with Gasteiger partial charge in [0.05, 0.1) is 38.2 Å². The second-order valence-corrected chi connectivity index (χ2v) is 20.5. The van der Waals surface area contributed by atoms with Crippen molar-refractivity contribution in [3.63, 3.8) is 0 Å². The molecule has 3 rings (SSSR count). The fourth-order valence-corrected chi connectivity index (χ4v) is 8.96. The van der Waals surface area contributed by atoms with Gasteiger partial charge in [0.15, 0.2) is 11.9 Å². The summed E-state index contributed by atoms with van der Waals surface area (Å²) in [6.45, 7) is 18.7. The van der Waals surface area contributed by atoms with E-state index in [1.54, 1.807) is 58.9 Å². The summed E-state index contributed by atoms with van der Waals surface area (Å²) in [6.07, 6.45) is -4.82. The van der Waals surface area contributed by atoms with Crippen LogP contribution in [0.4, 0.5) is 4.79 Å². The van der Waals surface area contributed by atoms with Crippen molar-refractivity contribution in [2.75, 3.05) is 34.4 Å². The summed E-state index contributed by atoms with van der Waals surface area (Å²) in [5.41, 5.74) is 0.592. The topological polar surface area (TPSA) is 257 Å². The number of likely N-dealkylation sites (N-methyl/N-ethyl adjacent to an activating group) is 2. The molecule has 0 spiro atoms. The average Bonchev–Trinajstić information content (AvgIpc) is 3.82. The smallest absolute Gasteiger partial charge is 0.410 e. The predicted molar refractivity (Wildman–Crippen MR) is 266 cm³/mol. The number of carbonyl (C=O) groups excluding carboxylic acids is 9. The van der Waals surface area contributed by atoms with Crippen molar-refractivity contribution in [3.05, 3.63) is 29.8 Å². The first-order chi connectivity index (χ1) is 33.8. The molecule has 0 aliphatic carbocycles. The van der Waals surface area contributed by atoms with Crippen LogP contribution in [0.15, 0.2) is 24.3 Å². The van der Waals surface area contributed by atoms with Gasteiger partial charge < -0.3 is 49.8 Å². The fourth-order valence-electron chi connectivity index (χ4n) is 8.96. The summed E-state index contributed by atoms with van der Waals surface area (Å²) in [5.74, 6) is -8.65. The number of rotatable bonds is 14. The van der Waals surface area contributed by atoms with E-state index in [1.807, 2.05) is 27.7 Å². The summed E-state index contributed by atoms with van der Waals surface area (Å²) in [7, 11) is 4.29. The van der Waals surface area contributed by atoms with Gasteiger partial charge >= 0.3 is 18.0 Å². The third-order valence-electron chi connectivity index (χ3n) is 13.5. The maximum atomic E-state index is 14.8. The van der Waals surface area contributed by atoms with Gasteiger partial charge in [-0.3, -0.25) is 38.5 Å². The Morgan fingerprint density at radius 3 is 2.10 bits per heavy atom. The quantitative estimate of drug-likeness (QED) is 0.118. The zero-order valence-electron chi connectivity index (χ0n) is 44.9. The number of esters is 2. The van der Waals surface area contributed by atoms with E-state index < -0.39 is 132 Å². The van der Waals surface area contributed by atoms with Crippen molar-refractivity contribution < 1.29 is 67.2 Å². The lowest BCUT2D eigenvalue weighted by atomic mass is 9.91. The van der Waals surface area contributed by atoms with Gasteiger partial charge in [0.2, 0.25) is 29.5 Å². The van der Waals surface area contributed by atoms with Crippen LogP contribution in [0.1, 0.15) is 120 Å². The van der Waals surface area contributed by atoms with Crippen LogP contribution in [0.3, 0.4) is 0 Å². The number of fused-ring (bicyclic) bond motifs is 1. The predicted octanol–water partition coefficient (Wildman–Crippen LogP) is 3.57. The van der Waals surface area contributed by atoms with Crippen LogP contribution in [0.2, 0.25) is 0 Å². The lowest BCUT2D eigenvalue weighted by Crippen LogP contribution is -2.61. The van der Waals surface area contributed by atoms with E-state index in [0.717, 1.165) is 4.90 Å². The minimum atomic E-state index is -1.70. The molecule has 20 heteroatoms. The Kier molecular flexibility index (Phi) is 23.4. The molecule has 6 amide bonds. The number of hydrogen-bond acceptors (Lipinski definition) is 14. The van der Waals surface area contributed by atoms with Crippen LogP contribution in [0, 0.1) is 29.6 Å². The van der Waals surface area contributed by atoms with E-state index in [-0.39, 0.29) is 50.7 Å². The van der Waals surface area contributed by atoms with Gasteiger partial charge in [-0.15, -0.1) is 0 Å². The highest BCUT2D eigenvalue weighted by Gasteiger charge is 2.45. The zero-order chi connectivity index (χ0) is 54.3. The van der Waals surface area contributed by atoms with Crippen molar-refractivity contribution in [1.29, 1.82) is 0 Å². The SMILES string of the molecule is CCOC(=O)N(C)[C@H](CC(C)C)C(=O)N[C@H]1C(=O)N[C@H]([C@@H](C)CC)[C@@H](O)CC(=O)O[C@@H](C(C)C)C(=O)[C@H](C)C(=O)N[C@@H](CC(C)C)C(=O)N2CCC[C@H]2C(=O)N(C)[C@@H](Cc2ccc(OC)cc2)C(=O)O[C@@H]1C. The van der Waals surface area contributed by atoms with Crippen molar-refractivity contribution in [3.8, 4) is 5.75 Å². The Morgan fingerprint density at radius 1 is 0.903 bits per heavy atom. The van der Waals surface area contributed by atoms with Crippen molar-refractivity contribution in [2.24, 2.45) is 29.6 Å². The molecule has 404 valence electrons. The van der Waals surface area contributed by atoms with E-state index in [0.29, 0.717) is 24.2 Å². The molecule has 0 bridgehead atoms. The summed E-state index contributed by atoms with van der Waals surface area (Å²) in [5, 5.41) is 19.9. The molecular formula is C52H82N6O14. The average molecular weight is 1020 g/mol. The van der Waals surface area contributed by atoms with Crippen LogP contribution in [0.5, 0.6) is 5.75 Å². The first-order valence-corrected chi connectivity index (χ1v) is 25.4. The molecule has 1 aromatic carbocycles. The molecule has 4 N–H and O–H groups in total. The van der Waals surface area contributed by atoms with E-state index in [2.05, 4.69) is 16.0 Å². The Bertz CT molecular complexity index is 2050. The molecule has 0 aromatic heterocycles. The Balaban J connectivity index is 2.28. The lowest BCUT2D eigenvalue weighted by Gasteiger charge is -2.36. The molecule has 2 aliphatic heterocycles. The van der Waals surface area contributed by atoms with Crippen LogP contribution in [-0.2, 0) is 59.0 Å². The second-order valence-electron chi connectivity index (χ2n) is 20.5. The number of amides is 6. The molecule has 2 saturated heterocycles. The number of aliphatic hydroxyl groups excluding tert-OH is 1. The van der Waals surface area contributed by atoms with Gasteiger partial charge in [0.25, 0.3) is 0 Å². The highest BCUT2D eigenvalue weighted by Crippen LogP contribution is 2.26. The molecule has 2 fully saturated rings. The zero-order valence-corrected chi connectivity index (χ0v) is 44.9. The number of nitrogens with zero attached hydrogens (tertiary/aromatic N) is 3. The number of methoxy groups -OCH3 is 1. The first kappa shape index (κ1) is 60.5. The van der Waals surface area contributed by atoms with Crippen LogP contribution < -0.4 is 20.7 Å². The standard InChI is InChI=1S/C52H82N6O14/c1-15-31(9)42-40(59)27-41(60)72-45(30(7)8)44(61)32(10)46(62)53-36(24-28(3)4)49(65)58-23-17-18-37(58)50(66)56(12)39(26-34-19-21-35(69-14)22-20-34)51(67)71-33(11)43(48(64)54-42)55-47(63)38(25-29(5)6)57(13)52(68)70-16-2/h19-22,28-33,36-40,42-43,45,59H,15-18,23-27H2,1-14H3,(H,53,62)(H,54,64)(H,55,63)/t31-,32-,33+,36-,37-,38+,39-,40-,42+,43+,45-/m0/s1. The molecule has 11 atom stereocenters. The minimum absolute atomic E-state index is 0.0247. The summed E-state index contributed by atoms with van der Waals surface area (Å²) < 4.78 is 22.3. The Morgan fingerprint density at radius 2 is 1.54 bits per heavy atom. The van der Waals surface area contributed by atoms with Crippen LogP contribution >= 0.6 is 0 Å². The largest absolute Gasteiger partial charge is 0.497 e. The lowest BCUT2D eigenvalue weighted by molar-refractivity contribution is -0.163. The number of hydrogen-bond donors (Lipinski definition) is 4. The van der Waals surface area contributed by atoms with E-state index in [9.17, 15) is 48.3 Å². The van der Waals surface area contributed by atoms with Crippen LogP contribution in [-0.4, -0.2) is 162 Å². The monoisotopic (exact) mass is 1010 g/mol. The molecule has 0 saturated carbocycles. The Labute approximate surface area is 425 Å². The van der Waals surface area contributed by atoms with Gasteiger partial charge in [0, 0.05) is 27.1 Å². The fraction of sp³-hybridized carbons (Fsp3) is 0.712. The molecular weight excluding hydrogens is 933 g/mol. The number of benzene rings is 1. The number of carbonyl (C=O) groups is 9. The highest BCUT2D eigenvalue weighted by atomic mass is 16.6. The second kappa shape index (κ2) is 27.9. The molecule has 0 radical (unpaired) electrons. The molecule has 2 aliphatic rings. The number of cyclic esters (lactones) is 2. The molecule has 2 heterocycles. The van der Waals surface area contributed by atoms with Gasteiger partial charge in [-0.1, -0.05) is 73.9 Å². The summed E-state index contributed by atoms with van der Waals surface area (Å²) in [4.78, 5) is 132. The van der Waals surface area contributed by atoms with E-state index in [4.69, 9.17) is 18.9 Å². The third-order valence-corrected chi connectivity index (χ3v) is 13.5.